The number of hydrogen-bond donors (Lipinski definition) is 2. The van der Waals surface area contributed by atoms with Crippen LogP contribution < -0.4 is 0 Å². The van der Waals surface area contributed by atoms with Gasteiger partial charge in [0, 0.05) is 11.8 Å². The molecule has 1 amide bonds. The standard InChI is InChI=1S/C10H15NO4S/c12-9(13)8-3-7(4-11(8)10(14)15)16-5-6-1-2-6/h6-8H,1-5H2,(H,12,13)(H,14,15)/t7-,8+/m1/s1. The molecule has 16 heavy (non-hydrogen) atoms. The van der Waals surface area contributed by atoms with E-state index in [9.17, 15) is 9.59 Å². The minimum Gasteiger partial charge on any atom is -0.480 e. The zero-order valence-electron chi connectivity index (χ0n) is 8.83. The van der Waals surface area contributed by atoms with Gasteiger partial charge in [0.1, 0.15) is 6.04 Å². The van der Waals surface area contributed by atoms with Crippen molar-refractivity contribution >= 4 is 23.8 Å². The molecule has 90 valence electrons. The first kappa shape index (κ1) is 11.6. The first-order valence-corrected chi connectivity index (χ1v) is 6.46. The summed E-state index contributed by atoms with van der Waals surface area (Å²) in [6, 6.07) is -0.853. The highest BCUT2D eigenvalue weighted by Gasteiger charge is 2.40. The smallest absolute Gasteiger partial charge is 0.408 e. The molecule has 0 aromatic heterocycles. The fourth-order valence-electron chi connectivity index (χ4n) is 1.92. The lowest BCUT2D eigenvalue weighted by molar-refractivity contribution is -0.141. The van der Waals surface area contributed by atoms with Crippen LogP contribution in [0.2, 0.25) is 0 Å². The van der Waals surface area contributed by atoms with E-state index < -0.39 is 18.1 Å². The normalized spacial score (nSPS) is 29.4. The number of nitrogens with zero attached hydrogens (tertiary/aromatic N) is 1. The maximum Gasteiger partial charge on any atom is 0.408 e. The molecule has 2 rings (SSSR count). The van der Waals surface area contributed by atoms with Gasteiger partial charge in [-0.3, -0.25) is 4.90 Å². The number of rotatable bonds is 4. The van der Waals surface area contributed by atoms with Crippen LogP contribution in [0.1, 0.15) is 19.3 Å². The molecule has 0 aromatic rings. The number of carbonyl (C=O) groups is 2. The third-order valence-corrected chi connectivity index (χ3v) is 4.53. The van der Waals surface area contributed by atoms with Gasteiger partial charge in [-0.2, -0.15) is 11.8 Å². The largest absolute Gasteiger partial charge is 0.480 e. The van der Waals surface area contributed by atoms with Crippen molar-refractivity contribution in [1.29, 1.82) is 0 Å². The molecule has 0 spiro atoms. The molecule has 1 aliphatic heterocycles. The summed E-state index contributed by atoms with van der Waals surface area (Å²) >= 11 is 1.73. The van der Waals surface area contributed by atoms with Crippen LogP contribution >= 0.6 is 11.8 Å². The molecule has 0 radical (unpaired) electrons. The van der Waals surface area contributed by atoms with E-state index in [-0.39, 0.29) is 5.25 Å². The molecule has 1 saturated heterocycles. The fourth-order valence-corrected chi connectivity index (χ4v) is 3.38. The van der Waals surface area contributed by atoms with Gasteiger partial charge in [0.05, 0.1) is 0 Å². The Labute approximate surface area is 97.8 Å². The molecular weight excluding hydrogens is 230 g/mol. The summed E-state index contributed by atoms with van der Waals surface area (Å²) in [6.45, 7) is 0.351. The van der Waals surface area contributed by atoms with Crippen LogP contribution in [0.15, 0.2) is 0 Å². The number of likely N-dealkylation sites (tertiary alicyclic amines) is 1. The average Bonchev–Trinajstić information content (AvgIpc) is 2.93. The quantitative estimate of drug-likeness (QED) is 0.781. The highest BCUT2D eigenvalue weighted by Crippen LogP contribution is 2.36. The van der Waals surface area contributed by atoms with Crippen LogP contribution in [0.4, 0.5) is 4.79 Å². The van der Waals surface area contributed by atoms with Gasteiger partial charge >= 0.3 is 12.1 Å². The summed E-state index contributed by atoms with van der Waals surface area (Å²) in [6.07, 6.45) is 1.86. The topological polar surface area (TPSA) is 77.8 Å². The third-order valence-electron chi connectivity index (χ3n) is 3.06. The lowest BCUT2D eigenvalue weighted by Crippen LogP contribution is -2.39. The van der Waals surface area contributed by atoms with Gasteiger partial charge in [0.2, 0.25) is 0 Å². The number of thioether (sulfide) groups is 1. The van der Waals surface area contributed by atoms with Crippen molar-refractivity contribution in [2.75, 3.05) is 12.3 Å². The average molecular weight is 245 g/mol. The molecule has 2 fully saturated rings. The van der Waals surface area contributed by atoms with Gasteiger partial charge in [-0.1, -0.05) is 0 Å². The fraction of sp³-hybridized carbons (Fsp3) is 0.800. The van der Waals surface area contributed by atoms with Gasteiger partial charge in [0.25, 0.3) is 0 Å². The molecule has 2 atom stereocenters. The van der Waals surface area contributed by atoms with Crippen LogP contribution in [0.5, 0.6) is 0 Å². The number of carboxylic acid groups (broad SMARTS) is 2. The molecule has 0 bridgehead atoms. The summed E-state index contributed by atoms with van der Waals surface area (Å²) < 4.78 is 0. The molecule has 2 N–H and O–H groups in total. The monoisotopic (exact) mass is 245 g/mol. The van der Waals surface area contributed by atoms with Gasteiger partial charge < -0.3 is 10.2 Å². The second kappa shape index (κ2) is 4.53. The Morgan fingerprint density at radius 1 is 1.31 bits per heavy atom. The van der Waals surface area contributed by atoms with Crippen LogP contribution in [-0.4, -0.2) is 50.8 Å². The van der Waals surface area contributed by atoms with Crippen molar-refractivity contribution in [3.8, 4) is 0 Å². The zero-order chi connectivity index (χ0) is 11.7. The Bertz CT molecular complexity index is 283. The Morgan fingerprint density at radius 2 is 2.00 bits per heavy atom. The van der Waals surface area contributed by atoms with Crippen molar-refractivity contribution in [3.05, 3.63) is 0 Å². The molecular formula is C10H15NO4S. The van der Waals surface area contributed by atoms with Crippen molar-refractivity contribution in [3.63, 3.8) is 0 Å². The maximum absolute atomic E-state index is 10.9. The zero-order valence-corrected chi connectivity index (χ0v) is 9.65. The van der Waals surface area contributed by atoms with Gasteiger partial charge in [-0.25, -0.2) is 9.59 Å². The minimum atomic E-state index is -1.12. The minimum absolute atomic E-state index is 0.151. The second-order valence-corrected chi connectivity index (χ2v) is 5.76. The lowest BCUT2D eigenvalue weighted by Gasteiger charge is -2.16. The van der Waals surface area contributed by atoms with Crippen molar-refractivity contribution in [1.82, 2.24) is 4.90 Å². The van der Waals surface area contributed by atoms with E-state index in [0.29, 0.717) is 13.0 Å². The molecule has 0 aromatic carbocycles. The number of carboxylic acids is 1. The van der Waals surface area contributed by atoms with E-state index in [1.165, 1.54) is 12.8 Å². The predicted octanol–water partition coefficient (Wildman–Crippen LogP) is 1.34. The van der Waals surface area contributed by atoms with Crippen LogP contribution in [0.25, 0.3) is 0 Å². The first-order chi connectivity index (χ1) is 7.58. The molecule has 5 nitrogen and oxygen atoms in total. The van der Waals surface area contributed by atoms with E-state index in [4.69, 9.17) is 10.2 Å². The second-order valence-electron chi connectivity index (χ2n) is 4.42. The molecule has 1 aliphatic carbocycles. The molecule has 2 aliphatic rings. The molecule has 6 heteroatoms. The Hall–Kier alpha value is -0.910. The highest BCUT2D eigenvalue weighted by atomic mass is 32.2. The van der Waals surface area contributed by atoms with Gasteiger partial charge in [-0.15, -0.1) is 0 Å². The Morgan fingerprint density at radius 3 is 2.44 bits per heavy atom. The lowest BCUT2D eigenvalue weighted by atomic mass is 10.2. The number of amides is 1. The van der Waals surface area contributed by atoms with Crippen molar-refractivity contribution in [2.24, 2.45) is 5.92 Å². The summed E-state index contributed by atoms with van der Waals surface area (Å²) in [7, 11) is 0. The van der Waals surface area contributed by atoms with Gasteiger partial charge in [0.15, 0.2) is 0 Å². The third kappa shape index (κ3) is 2.61. The van der Waals surface area contributed by atoms with Crippen molar-refractivity contribution < 1.29 is 19.8 Å². The first-order valence-electron chi connectivity index (χ1n) is 5.42. The number of aliphatic carboxylic acids is 1. The summed E-state index contributed by atoms with van der Waals surface area (Å²) in [5, 5.41) is 18.0. The van der Waals surface area contributed by atoms with Crippen LogP contribution in [-0.2, 0) is 4.79 Å². The number of hydrogen-bond acceptors (Lipinski definition) is 3. The summed E-state index contributed by atoms with van der Waals surface area (Å²) in [4.78, 5) is 22.8. The van der Waals surface area contributed by atoms with E-state index in [0.717, 1.165) is 16.6 Å². The SMILES string of the molecule is O=C(O)[C@@H]1C[C@@H](SCC2CC2)CN1C(=O)O. The molecule has 0 unspecified atom stereocenters. The van der Waals surface area contributed by atoms with Gasteiger partial charge in [-0.05, 0) is 30.9 Å². The summed E-state index contributed by atoms with van der Waals surface area (Å²) in [5.41, 5.74) is 0. The maximum atomic E-state index is 10.9. The van der Waals surface area contributed by atoms with Crippen molar-refractivity contribution in [2.45, 2.75) is 30.6 Å². The molecule has 1 saturated carbocycles. The van der Waals surface area contributed by atoms with Crippen LogP contribution in [0.3, 0.4) is 0 Å². The Kier molecular flexibility index (Phi) is 3.28. The van der Waals surface area contributed by atoms with E-state index in [2.05, 4.69) is 0 Å². The van der Waals surface area contributed by atoms with E-state index in [1.807, 2.05) is 0 Å². The highest BCUT2D eigenvalue weighted by molar-refractivity contribution is 7.99. The van der Waals surface area contributed by atoms with E-state index >= 15 is 0 Å². The van der Waals surface area contributed by atoms with Crippen LogP contribution in [0, 0.1) is 5.92 Å². The predicted molar refractivity (Wildman–Crippen MR) is 59.7 cm³/mol. The molecule has 1 heterocycles. The summed E-state index contributed by atoms with van der Waals surface area (Å²) in [5.74, 6) is 0.800. The Balaban J connectivity index is 1.88. The van der Waals surface area contributed by atoms with E-state index in [1.54, 1.807) is 11.8 Å².